The monoisotopic (exact) mass is 309 g/mol. The number of hydrogen-bond donors (Lipinski definition) is 1. The van der Waals surface area contributed by atoms with Crippen molar-refractivity contribution in [1.29, 1.82) is 0 Å². The Labute approximate surface area is 122 Å². The van der Waals surface area contributed by atoms with E-state index in [0.29, 0.717) is 43.9 Å². The minimum atomic E-state index is -3.20. The van der Waals surface area contributed by atoms with Crippen LogP contribution < -0.4 is 5.32 Å². The molecule has 3 heterocycles. The van der Waals surface area contributed by atoms with Crippen LogP contribution in [-0.2, 0) is 10.2 Å². The first-order valence-corrected chi connectivity index (χ1v) is 8.43. The molecule has 5 nitrogen and oxygen atoms in total. The van der Waals surface area contributed by atoms with E-state index in [1.165, 1.54) is 0 Å². The summed E-state index contributed by atoms with van der Waals surface area (Å²) < 4.78 is 28.6. The number of hydrogen-bond acceptors (Lipinski definition) is 3. The minimum Gasteiger partial charge on any atom is -0.316 e. The zero-order valence-corrected chi connectivity index (χ0v) is 13.0. The fourth-order valence-corrected chi connectivity index (χ4v) is 5.41. The predicted molar refractivity (Wildman–Crippen MR) is 77.6 cm³/mol. The minimum absolute atomic E-state index is 0. The van der Waals surface area contributed by atoms with Crippen LogP contribution >= 0.6 is 12.4 Å². The Hall–Kier alpha value is 0.120. The first kappa shape index (κ1) is 15.5. The van der Waals surface area contributed by atoms with Crippen LogP contribution in [0, 0.1) is 17.8 Å². The standard InChI is InChI=1S/C12H23N3O2S.ClH/c1-10-3-2-4-14(7-10)18(16,17)15-8-11-5-13-6-12(11)9-15;/h10-13H,2-9H2,1H3;1H/t10?,11-,12+;. The summed E-state index contributed by atoms with van der Waals surface area (Å²) in [6.45, 7) is 6.93. The van der Waals surface area contributed by atoms with E-state index in [9.17, 15) is 8.42 Å². The second kappa shape index (κ2) is 5.85. The molecule has 1 N–H and O–H groups in total. The van der Waals surface area contributed by atoms with Gasteiger partial charge in [0.25, 0.3) is 10.2 Å². The number of nitrogens with zero attached hydrogens (tertiary/aromatic N) is 2. The Morgan fingerprint density at radius 1 is 1.05 bits per heavy atom. The second-order valence-electron chi connectivity index (χ2n) is 6.11. The molecule has 0 aromatic carbocycles. The first-order valence-electron chi connectivity index (χ1n) is 7.03. The molecule has 1 unspecified atom stereocenters. The zero-order chi connectivity index (χ0) is 12.8. The van der Waals surface area contributed by atoms with Crippen LogP contribution in [0.1, 0.15) is 19.8 Å². The van der Waals surface area contributed by atoms with Gasteiger partial charge < -0.3 is 5.32 Å². The third-order valence-corrected chi connectivity index (χ3v) is 6.56. The SMILES string of the molecule is CC1CCCN(S(=O)(=O)N2C[C@H]3CNC[C@H]3C2)C1.Cl. The summed E-state index contributed by atoms with van der Waals surface area (Å²) in [6, 6.07) is 0. The third-order valence-electron chi connectivity index (χ3n) is 4.63. The summed E-state index contributed by atoms with van der Waals surface area (Å²) in [6.07, 6.45) is 2.16. The van der Waals surface area contributed by atoms with Gasteiger partial charge in [0.1, 0.15) is 0 Å². The lowest BCUT2D eigenvalue weighted by Gasteiger charge is -2.33. The fraction of sp³-hybridized carbons (Fsp3) is 1.00. The van der Waals surface area contributed by atoms with Gasteiger partial charge in [0.2, 0.25) is 0 Å². The molecule has 0 bridgehead atoms. The number of rotatable bonds is 2. The third kappa shape index (κ3) is 2.93. The quantitative estimate of drug-likeness (QED) is 0.810. The van der Waals surface area contributed by atoms with Crippen LogP contribution in [0.25, 0.3) is 0 Å². The Balaban J connectivity index is 0.00000133. The Bertz CT molecular complexity index is 405. The highest BCUT2D eigenvalue weighted by Crippen LogP contribution is 2.30. The molecule has 3 atom stereocenters. The molecular weight excluding hydrogens is 286 g/mol. The number of nitrogens with one attached hydrogen (secondary N) is 1. The van der Waals surface area contributed by atoms with E-state index in [2.05, 4.69) is 12.2 Å². The topological polar surface area (TPSA) is 52.7 Å². The van der Waals surface area contributed by atoms with Gasteiger partial charge in [0.05, 0.1) is 0 Å². The molecule has 0 aromatic rings. The van der Waals surface area contributed by atoms with E-state index in [-0.39, 0.29) is 12.4 Å². The molecule has 3 rings (SSSR count). The second-order valence-corrected chi connectivity index (χ2v) is 8.04. The summed E-state index contributed by atoms with van der Waals surface area (Å²) in [5.41, 5.74) is 0. The normalized spacial score (nSPS) is 37.0. The summed E-state index contributed by atoms with van der Waals surface area (Å²) in [7, 11) is -3.20. The Morgan fingerprint density at radius 3 is 2.26 bits per heavy atom. The summed E-state index contributed by atoms with van der Waals surface area (Å²) in [5, 5.41) is 3.35. The van der Waals surface area contributed by atoms with Crippen LogP contribution in [0.3, 0.4) is 0 Å². The van der Waals surface area contributed by atoms with Crippen molar-refractivity contribution >= 4 is 22.6 Å². The van der Waals surface area contributed by atoms with Gasteiger partial charge in [-0.05, 0) is 43.7 Å². The molecule has 3 fully saturated rings. The maximum Gasteiger partial charge on any atom is 0.282 e. The average molecular weight is 310 g/mol. The van der Waals surface area contributed by atoms with E-state index in [1.807, 2.05) is 0 Å². The largest absolute Gasteiger partial charge is 0.316 e. The molecule has 0 amide bonds. The molecule has 0 spiro atoms. The van der Waals surface area contributed by atoms with E-state index in [4.69, 9.17) is 0 Å². The lowest BCUT2D eigenvalue weighted by atomic mass is 10.0. The van der Waals surface area contributed by atoms with Gasteiger partial charge in [-0.1, -0.05) is 6.92 Å². The van der Waals surface area contributed by atoms with Crippen molar-refractivity contribution in [3.8, 4) is 0 Å². The maximum atomic E-state index is 12.6. The van der Waals surface area contributed by atoms with Gasteiger partial charge in [0, 0.05) is 26.2 Å². The molecule has 0 aromatic heterocycles. The lowest BCUT2D eigenvalue weighted by molar-refractivity contribution is 0.262. The van der Waals surface area contributed by atoms with Crippen LogP contribution in [0.5, 0.6) is 0 Å². The van der Waals surface area contributed by atoms with Gasteiger partial charge in [-0.15, -0.1) is 12.4 Å². The van der Waals surface area contributed by atoms with E-state index >= 15 is 0 Å². The molecule has 19 heavy (non-hydrogen) atoms. The van der Waals surface area contributed by atoms with Crippen molar-refractivity contribution in [2.24, 2.45) is 17.8 Å². The molecule has 0 saturated carbocycles. The molecule has 112 valence electrons. The highest BCUT2D eigenvalue weighted by Gasteiger charge is 2.43. The number of piperidine rings is 1. The van der Waals surface area contributed by atoms with Crippen LogP contribution in [0.2, 0.25) is 0 Å². The maximum absolute atomic E-state index is 12.6. The van der Waals surface area contributed by atoms with E-state index in [1.54, 1.807) is 8.61 Å². The Kier molecular flexibility index (Phi) is 4.78. The molecule has 3 aliphatic heterocycles. The fourth-order valence-electron chi connectivity index (χ4n) is 3.52. The highest BCUT2D eigenvalue weighted by atomic mass is 35.5. The Morgan fingerprint density at radius 2 is 1.68 bits per heavy atom. The van der Waals surface area contributed by atoms with Crippen LogP contribution in [0.4, 0.5) is 0 Å². The molecular formula is C12H24ClN3O2S. The van der Waals surface area contributed by atoms with E-state index < -0.39 is 10.2 Å². The van der Waals surface area contributed by atoms with Gasteiger partial charge in [-0.2, -0.15) is 17.0 Å². The number of halogens is 1. The van der Waals surface area contributed by atoms with Crippen molar-refractivity contribution in [2.75, 3.05) is 39.3 Å². The van der Waals surface area contributed by atoms with Crippen molar-refractivity contribution in [3.63, 3.8) is 0 Å². The average Bonchev–Trinajstić information content (AvgIpc) is 2.89. The predicted octanol–water partition coefficient (Wildman–Crippen LogP) is 0.536. The molecule has 3 saturated heterocycles. The molecule has 3 aliphatic rings. The van der Waals surface area contributed by atoms with Crippen molar-refractivity contribution < 1.29 is 8.42 Å². The molecule has 0 aliphatic carbocycles. The van der Waals surface area contributed by atoms with Crippen molar-refractivity contribution in [3.05, 3.63) is 0 Å². The van der Waals surface area contributed by atoms with Crippen molar-refractivity contribution in [2.45, 2.75) is 19.8 Å². The van der Waals surface area contributed by atoms with Crippen molar-refractivity contribution in [1.82, 2.24) is 13.9 Å². The molecule has 7 heteroatoms. The zero-order valence-electron chi connectivity index (χ0n) is 11.4. The summed E-state index contributed by atoms with van der Waals surface area (Å²) in [4.78, 5) is 0. The smallest absolute Gasteiger partial charge is 0.282 e. The summed E-state index contributed by atoms with van der Waals surface area (Å²) >= 11 is 0. The molecule has 0 radical (unpaired) electrons. The van der Waals surface area contributed by atoms with Gasteiger partial charge in [-0.25, -0.2) is 0 Å². The van der Waals surface area contributed by atoms with Crippen LogP contribution in [-0.4, -0.2) is 56.3 Å². The number of fused-ring (bicyclic) bond motifs is 1. The summed E-state index contributed by atoms with van der Waals surface area (Å²) in [5.74, 6) is 1.56. The van der Waals surface area contributed by atoms with Gasteiger partial charge in [0.15, 0.2) is 0 Å². The lowest BCUT2D eigenvalue weighted by Crippen LogP contribution is -2.47. The highest BCUT2D eigenvalue weighted by molar-refractivity contribution is 7.86. The van der Waals surface area contributed by atoms with Crippen LogP contribution in [0.15, 0.2) is 0 Å². The van der Waals surface area contributed by atoms with Gasteiger partial charge >= 0.3 is 0 Å². The van der Waals surface area contributed by atoms with E-state index in [0.717, 1.165) is 25.9 Å². The van der Waals surface area contributed by atoms with Gasteiger partial charge in [-0.3, -0.25) is 0 Å². The first-order chi connectivity index (χ1) is 8.57.